The number of carbonyl (C=O) groups excluding carboxylic acids is 4. The van der Waals surface area contributed by atoms with Crippen molar-refractivity contribution in [3.05, 3.63) is 66.2 Å². The molecule has 0 saturated carbocycles. The molecule has 5 atom stereocenters. The van der Waals surface area contributed by atoms with Gasteiger partial charge in [-0.25, -0.2) is 9.59 Å². The molecule has 0 radical (unpaired) electrons. The average molecular weight is 451 g/mol. The maximum Gasteiger partial charge on any atom is 0.411 e. The summed E-state index contributed by atoms with van der Waals surface area (Å²) in [6.45, 7) is -0.349. The molecule has 0 spiro atoms. The van der Waals surface area contributed by atoms with Crippen LogP contribution in [0.25, 0.3) is 0 Å². The van der Waals surface area contributed by atoms with Gasteiger partial charge in [0, 0.05) is 11.6 Å². The van der Waals surface area contributed by atoms with Crippen molar-refractivity contribution < 1.29 is 38.1 Å². The summed E-state index contributed by atoms with van der Waals surface area (Å²) in [5.41, 5.74) is -0.385. The number of rotatable bonds is 6. The first-order valence-corrected chi connectivity index (χ1v) is 10.6. The van der Waals surface area contributed by atoms with Crippen LogP contribution in [0.2, 0.25) is 0 Å². The number of anilines is 1. The van der Waals surface area contributed by atoms with Gasteiger partial charge in [0.2, 0.25) is 0 Å². The predicted octanol–water partition coefficient (Wildman–Crippen LogP) is 2.57. The smallest absolute Gasteiger partial charge is 0.411 e. The molecule has 9 heteroatoms. The van der Waals surface area contributed by atoms with Crippen LogP contribution in [0.3, 0.4) is 0 Å². The number of esters is 3. The molecule has 3 heterocycles. The summed E-state index contributed by atoms with van der Waals surface area (Å²) in [5, 5.41) is 2.60. The van der Waals surface area contributed by atoms with Crippen LogP contribution in [-0.4, -0.2) is 48.9 Å². The fourth-order valence-corrected chi connectivity index (χ4v) is 4.97. The molecule has 2 bridgehead atoms. The average Bonchev–Trinajstić information content (AvgIpc) is 3.46. The van der Waals surface area contributed by atoms with Crippen molar-refractivity contribution in [1.82, 2.24) is 0 Å². The molecular weight excluding hydrogens is 430 g/mol. The minimum atomic E-state index is -1.32. The van der Waals surface area contributed by atoms with Crippen LogP contribution >= 0.6 is 0 Å². The molecule has 3 aliphatic rings. The van der Waals surface area contributed by atoms with Crippen molar-refractivity contribution in [2.24, 2.45) is 17.8 Å². The monoisotopic (exact) mass is 451 g/mol. The van der Waals surface area contributed by atoms with Gasteiger partial charge in [0.05, 0.1) is 24.2 Å². The molecule has 5 unspecified atom stereocenters. The molecule has 170 valence electrons. The molecule has 2 aromatic rings. The summed E-state index contributed by atoms with van der Waals surface area (Å²) in [5.74, 6) is -3.99. The van der Waals surface area contributed by atoms with E-state index in [2.05, 4.69) is 5.32 Å². The maximum absolute atomic E-state index is 12.5. The van der Waals surface area contributed by atoms with E-state index >= 15 is 0 Å². The Bertz CT molecular complexity index is 1090. The summed E-state index contributed by atoms with van der Waals surface area (Å²) < 4.78 is 21.9. The van der Waals surface area contributed by atoms with E-state index in [1.807, 2.05) is 6.07 Å². The van der Waals surface area contributed by atoms with Crippen LogP contribution in [0.15, 0.2) is 60.7 Å². The van der Waals surface area contributed by atoms with E-state index in [1.165, 1.54) is 0 Å². The van der Waals surface area contributed by atoms with Crippen molar-refractivity contribution >= 4 is 29.7 Å². The van der Waals surface area contributed by atoms with Gasteiger partial charge in [-0.05, 0) is 30.7 Å². The van der Waals surface area contributed by atoms with Gasteiger partial charge >= 0.3 is 24.0 Å². The molecule has 5 rings (SSSR count). The number of ether oxygens (including phenoxy) is 4. The van der Waals surface area contributed by atoms with E-state index in [4.69, 9.17) is 18.9 Å². The molecule has 3 saturated heterocycles. The highest BCUT2D eigenvalue weighted by Crippen LogP contribution is 2.57. The number of hydrogen-bond acceptors (Lipinski definition) is 8. The second-order valence-corrected chi connectivity index (χ2v) is 8.32. The first-order chi connectivity index (χ1) is 16.0. The van der Waals surface area contributed by atoms with E-state index in [0.717, 1.165) is 0 Å². The highest BCUT2D eigenvalue weighted by molar-refractivity contribution is 5.98. The Morgan fingerprint density at radius 2 is 1.67 bits per heavy atom. The third kappa shape index (κ3) is 3.74. The van der Waals surface area contributed by atoms with E-state index in [9.17, 15) is 19.2 Å². The number of hydrogen-bond donors (Lipinski definition) is 1. The van der Waals surface area contributed by atoms with E-state index in [-0.39, 0.29) is 13.2 Å². The van der Waals surface area contributed by atoms with Crippen molar-refractivity contribution in [2.45, 2.75) is 18.1 Å². The van der Waals surface area contributed by atoms with Crippen LogP contribution in [0, 0.1) is 17.8 Å². The lowest BCUT2D eigenvalue weighted by Gasteiger charge is -2.35. The lowest BCUT2D eigenvalue weighted by molar-refractivity contribution is -0.162. The summed E-state index contributed by atoms with van der Waals surface area (Å²) >= 11 is 0. The molecule has 3 fully saturated rings. The first-order valence-electron chi connectivity index (χ1n) is 10.6. The van der Waals surface area contributed by atoms with Gasteiger partial charge in [-0.1, -0.05) is 36.4 Å². The van der Waals surface area contributed by atoms with E-state index < -0.39 is 53.5 Å². The zero-order chi connectivity index (χ0) is 23.0. The van der Waals surface area contributed by atoms with Crippen LogP contribution in [0.4, 0.5) is 10.5 Å². The normalized spacial score (nSPS) is 29.3. The van der Waals surface area contributed by atoms with Crippen LogP contribution in [0.5, 0.6) is 0 Å². The van der Waals surface area contributed by atoms with Gasteiger partial charge in [-0.3, -0.25) is 14.9 Å². The zero-order valence-electron chi connectivity index (χ0n) is 17.5. The van der Waals surface area contributed by atoms with Crippen molar-refractivity contribution in [3.8, 4) is 0 Å². The Morgan fingerprint density at radius 1 is 0.970 bits per heavy atom. The van der Waals surface area contributed by atoms with Gasteiger partial charge in [-0.15, -0.1) is 0 Å². The van der Waals surface area contributed by atoms with Gasteiger partial charge < -0.3 is 18.9 Å². The van der Waals surface area contributed by atoms with Gasteiger partial charge in [0.25, 0.3) is 0 Å². The fraction of sp³-hybridized carbons (Fsp3) is 0.333. The van der Waals surface area contributed by atoms with E-state index in [0.29, 0.717) is 17.7 Å². The van der Waals surface area contributed by atoms with Crippen LogP contribution in [0.1, 0.15) is 16.8 Å². The minimum Gasteiger partial charge on any atom is -0.462 e. The first kappa shape index (κ1) is 21.1. The summed E-state index contributed by atoms with van der Waals surface area (Å²) in [7, 11) is 0. The molecule has 0 aromatic heterocycles. The second-order valence-electron chi connectivity index (χ2n) is 8.32. The van der Waals surface area contributed by atoms with Crippen molar-refractivity contribution in [2.75, 3.05) is 18.5 Å². The van der Waals surface area contributed by atoms with Crippen LogP contribution in [-0.2, 0) is 28.5 Å². The van der Waals surface area contributed by atoms with Gasteiger partial charge in [0.1, 0.15) is 18.1 Å². The van der Waals surface area contributed by atoms with Gasteiger partial charge in [-0.2, -0.15) is 0 Å². The Morgan fingerprint density at radius 3 is 2.39 bits per heavy atom. The summed E-state index contributed by atoms with van der Waals surface area (Å²) in [6, 6.07) is 17.2. The predicted molar refractivity (Wildman–Crippen MR) is 112 cm³/mol. The number of carbonyl (C=O) groups is 4. The SMILES string of the molecule is O=C(Nc1ccccc1)OCC12OC(CC1COC(=O)c1ccccc1)C1C(=O)OC(=O)C12. The quantitative estimate of drug-likeness (QED) is 0.405. The standard InChI is InChI=1S/C24H21NO8/c26-20(14-7-3-1-4-8-14)30-12-15-11-17-18-19(22(28)32-21(18)27)24(15,33-17)13-31-23(29)25-16-9-5-2-6-10-16/h1-10,15,17-19H,11-13H2,(H,25,29). The number of para-hydroxylation sites is 1. The molecule has 1 N–H and O–H groups in total. The molecule has 33 heavy (non-hydrogen) atoms. The molecule has 0 aliphatic carbocycles. The number of nitrogens with one attached hydrogen (secondary N) is 1. The topological polar surface area (TPSA) is 117 Å². The van der Waals surface area contributed by atoms with Crippen molar-refractivity contribution in [1.29, 1.82) is 0 Å². The highest BCUT2D eigenvalue weighted by Gasteiger charge is 2.73. The number of amides is 1. The van der Waals surface area contributed by atoms with Crippen molar-refractivity contribution in [3.63, 3.8) is 0 Å². The Balaban J connectivity index is 1.32. The third-order valence-electron chi connectivity index (χ3n) is 6.47. The fourth-order valence-electron chi connectivity index (χ4n) is 4.97. The molecule has 3 aliphatic heterocycles. The van der Waals surface area contributed by atoms with Crippen LogP contribution < -0.4 is 5.32 Å². The Labute approximate surface area is 189 Å². The molecule has 1 amide bonds. The second kappa shape index (κ2) is 8.32. The zero-order valence-corrected chi connectivity index (χ0v) is 17.5. The maximum atomic E-state index is 12.5. The third-order valence-corrected chi connectivity index (χ3v) is 6.47. The number of cyclic esters (lactones) is 2. The lowest BCUT2D eigenvalue weighted by Crippen LogP contribution is -2.52. The summed E-state index contributed by atoms with van der Waals surface area (Å²) in [4.78, 5) is 49.5. The number of benzene rings is 2. The lowest BCUT2D eigenvalue weighted by atomic mass is 9.67. The molecule has 9 nitrogen and oxygen atoms in total. The number of fused-ring (bicyclic) bond motifs is 5. The minimum absolute atomic E-state index is 0.0570. The van der Waals surface area contributed by atoms with Gasteiger partial charge in [0.15, 0.2) is 0 Å². The Kier molecular flexibility index (Phi) is 5.33. The largest absolute Gasteiger partial charge is 0.462 e. The summed E-state index contributed by atoms with van der Waals surface area (Å²) in [6.07, 6.45) is -0.936. The van der Waals surface area contributed by atoms with E-state index in [1.54, 1.807) is 54.6 Å². The Hall–Kier alpha value is -3.72. The highest BCUT2D eigenvalue weighted by atomic mass is 16.6. The molecule has 2 aromatic carbocycles. The molecular formula is C24H21NO8.